The van der Waals surface area contributed by atoms with E-state index in [2.05, 4.69) is 13.8 Å². The topological polar surface area (TPSA) is 179 Å². The molecule has 0 aliphatic heterocycles. The van der Waals surface area contributed by atoms with Crippen LogP contribution in [0, 0.1) is 29.1 Å². The molecule has 2 aliphatic carbocycles. The second-order valence-electron chi connectivity index (χ2n) is 17.4. The third-order valence-corrected chi connectivity index (χ3v) is 12.4. The van der Waals surface area contributed by atoms with E-state index in [1.165, 1.54) is 12.2 Å². The average molecular weight is 827 g/mol. The highest BCUT2D eigenvalue weighted by Crippen LogP contribution is 2.43. The third-order valence-electron chi connectivity index (χ3n) is 12.4. The summed E-state index contributed by atoms with van der Waals surface area (Å²) in [5.41, 5.74) is 13.7. The Balaban J connectivity index is 1.22. The van der Waals surface area contributed by atoms with E-state index in [1.54, 1.807) is 103 Å². The summed E-state index contributed by atoms with van der Waals surface area (Å²) in [5, 5.41) is 24.3. The predicted molar refractivity (Wildman–Crippen MR) is 238 cm³/mol. The van der Waals surface area contributed by atoms with E-state index < -0.39 is 29.2 Å². The van der Waals surface area contributed by atoms with Crippen molar-refractivity contribution < 1.29 is 38.9 Å². The van der Waals surface area contributed by atoms with E-state index in [4.69, 9.17) is 20.9 Å². The second kappa shape index (κ2) is 20.1. The zero-order valence-corrected chi connectivity index (χ0v) is 35.1. The lowest BCUT2D eigenvalue weighted by atomic mass is 9.65. The molecule has 0 radical (unpaired) electrons. The number of nitrogen functional groups attached to an aromatic ring is 2. The summed E-state index contributed by atoms with van der Waals surface area (Å²) in [6.45, 7) is 4.39. The van der Waals surface area contributed by atoms with Crippen molar-refractivity contribution in [2.75, 3.05) is 11.5 Å². The molecular weight excluding hydrogens is 769 g/mol. The molecule has 4 aromatic carbocycles. The largest absolute Gasteiger partial charge is 0.426 e. The number of allylic oxidation sites excluding steroid dienone is 1. The number of carbonyl (C=O) groups is 4. The van der Waals surface area contributed by atoms with Crippen LogP contribution in [0.3, 0.4) is 0 Å². The lowest BCUT2D eigenvalue weighted by Crippen LogP contribution is -2.57. The van der Waals surface area contributed by atoms with Gasteiger partial charge < -0.3 is 31.2 Å². The first-order valence-electron chi connectivity index (χ1n) is 21.4. The highest BCUT2D eigenvalue weighted by atomic mass is 16.5. The highest BCUT2D eigenvalue weighted by molar-refractivity contribution is 6.01. The second-order valence-corrected chi connectivity index (χ2v) is 17.4. The van der Waals surface area contributed by atoms with Gasteiger partial charge in [0.1, 0.15) is 11.5 Å². The molecule has 2 aliphatic rings. The number of rotatable bonds is 16. The van der Waals surface area contributed by atoms with Crippen LogP contribution < -0.4 is 20.9 Å². The molecule has 10 nitrogen and oxygen atoms in total. The Bertz CT molecular complexity index is 2130. The van der Waals surface area contributed by atoms with Crippen molar-refractivity contribution in [3.05, 3.63) is 131 Å². The van der Waals surface area contributed by atoms with Crippen molar-refractivity contribution in [3.8, 4) is 11.5 Å². The SMILES string of the molecule is CC1CCC(C(=O)Oc2ccc(/C=C/C(=O)CC(Cc3ccc(N)cc3)(Cc3ccc(N)cc3)C(O)(O)C(=O)/C=C/c3ccc(OC(=O)C4CCC(C)CC4)cc3)cc2)CC1. The molecule has 0 saturated heterocycles. The Labute approximate surface area is 358 Å². The molecule has 0 aromatic heterocycles. The predicted octanol–water partition coefficient (Wildman–Crippen LogP) is 8.72. The summed E-state index contributed by atoms with van der Waals surface area (Å²) in [4.78, 5) is 53.7. The Hall–Kier alpha value is -5.84. The van der Waals surface area contributed by atoms with Gasteiger partial charge in [-0.15, -0.1) is 0 Å². The molecular formula is C51H58N2O8. The smallest absolute Gasteiger partial charge is 0.314 e. The van der Waals surface area contributed by atoms with Crippen molar-refractivity contribution in [3.63, 3.8) is 0 Å². The fourth-order valence-corrected chi connectivity index (χ4v) is 8.43. The molecule has 0 bridgehead atoms. The normalized spacial score (nSPS) is 19.7. The molecule has 0 atom stereocenters. The summed E-state index contributed by atoms with van der Waals surface area (Å²) in [7, 11) is 0. The Kier molecular flexibility index (Phi) is 14.8. The van der Waals surface area contributed by atoms with Gasteiger partial charge in [-0.1, -0.05) is 74.5 Å². The van der Waals surface area contributed by atoms with E-state index in [9.17, 15) is 29.4 Å². The summed E-state index contributed by atoms with van der Waals surface area (Å²) >= 11 is 0. The van der Waals surface area contributed by atoms with Gasteiger partial charge in [-0.3, -0.25) is 19.2 Å². The van der Waals surface area contributed by atoms with Crippen LogP contribution in [0.2, 0.25) is 0 Å². The van der Waals surface area contributed by atoms with E-state index in [0.29, 0.717) is 57.0 Å². The highest BCUT2D eigenvalue weighted by Gasteiger charge is 2.54. The third kappa shape index (κ3) is 12.1. The molecule has 0 unspecified atom stereocenters. The van der Waals surface area contributed by atoms with Crippen LogP contribution in [0.4, 0.5) is 11.4 Å². The molecule has 6 N–H and O–H groups in total. The monoisotopic (exact) mass is 826 g/mol. The van der Waals surface area contributed by atoms with Gasteiger partial charge in [-0.2, -0.15) is 0 Å². The van der Waals surface area contributed by atoms with Crippen LogP contribution in [0.25, 0.3) is 12.2 Å². The number of hydrogen-bond donors (Lipinski definition) is 4. The quantitative estimate of drug-likeness (QED) is 0.0281. The fraction of sp³-hybridized carbons (Fsp3) is 0.373. The van der Waals surface area contributed by atoms with E-state index in [1.807, 2.05) is 0 Å². The first kappa shape index (κ1) is 44.7. The molecule has 6 rings (SSSR count). The maximum absolute atomic E-state index is 14.1. The first-order chi connectivity index (χ1) is 29.2. The molecule has 0 amide bonds. The molecule has 10 heteroatoms. The zero-order chi connectivity index (χ0) is 43.6. The molecule has 2 fully saturated rings. The fourth-order valence-electron chi connectivity index (χ4n) is 8.43. The molecule has 4 aromatic rings. The molecule has 320 valence electrons. The number of hydrogen-bond acceptors (Lipinski definition) is 10. The Morgan fingerprint density at radius 1 is 0.574 bits per heavy atom. The minimum atomic E-state index is -3.05. The number of esters is 2. The van der Waals surface area contributed by atoms with Crippen LogP contribution in [0.15, 0.2) is 109 Å². The van der Waals surface area contributed by atoms with Gasteiger partial charge in [-0.05, 0) is 159 Å². The standard InChI is InChI=1S/C51H58N2O8/c1-34-3-17-40(18-4-34)48(56)60-45-26-12-36(13-27-45)11-25-44(54)33-50(31-38-7-21-42(52)22-8-38,32-39-9-23-43(53)24-10-39)51(58,59)47(55)30-16-37-14-28-46(29-15-37)61-49(57)41-19-5-35(2)6-20-41/h7-16,21-30,34-35,40-41,58-59H,3-6,17-20,31-33,52-53H2,1-2H3/b25-11+,30-16+. The number of nitrogens with two attached hydrogens (primary N) is 2. The van der Waals surface area contributed by atoms with Crippen LogP contribution in [0.5, 0.6) is 11.5 Å². The molecule has 2 saturated carbocycles. The van der Waals surface area contributed by atoms with Gasteiger partial charge in [0.2, 0.25) is 11.6 Å². The number of anilines is 2. The number of carbonyl (C=O) groups excluding carboxylic acids is 4. The van der Waals surface area contributed by atoms with Crippen LogP contribution in [-0.4, -0.2) is 39.5 Å². The summed E-state index contributed by atoms with van der Waals surface area (Å²) in [5.74, 6) is -3.22. The minimum absolute atomic E-state index is 0.0796. The lowest BCUT2D eigenvalue weighted by molar-refractivity contribution is -0.230. The van der Waals surface area contributed by atoms with E-state index in [0.717, 1.165) is 57.4 Å². The number of ketones is 2. The van der Waals surface area contributed by atoms with Crippen molar-refractivity contribution in [2.24, 2.45) is 29.1 Å². The zero-order valence-electron chi connectivity index (χ0n) is 35.1. The van der Waals surface area contributed by atoms with Gasteiger partial charge in [0.05, 0.1) is 11.8 Å². The van der Waals surface area contributed by atoms with E-state index in [-0.39, 0.29) is 36.6 Å². The van der Waals surface area contributed by atoms with Crippen molar-refractivity contribution >= 4 is 47.0 Å². The number of benzene rings is 4. The van der Waals surface area contributed by atoms with Crippen LogP contribution in [0.1, 0.15) is 93.9 Å². The van der Waals surface area contributed by atoms with E-state index >= 15 is 0 Å². The van der Waals surface area contributed by atoms with Crippen molar-refractivity contribution in [1.82, 2.24) is 0 Å². The first-order valence-corrected chi connectivity index (χ1v) is 21.4. The van der Waals surface area contributed by atoms with Crippen LogP contribution in [-0.2, 0) is 32.0 Å². The lowest BCUT2D eigenvalue weighted by Gasteiger charge is -2.42. The van der Waals surface area contributed by atoms with Crippen molar-refractivity contribution in [2.45, 2.75) is 90.3 Å². The molecule has 61 heavy (non-hydrogen) atoms. The number of aliphatic hydroxyl groups is 2. The number of ether oxygens (including phenoxy) is 2. The maximum atomic E-state index is 14.1. The van der Waals surface area contributed by atoms with Crippen molar-refractivity contribution in [1.29, 1.82) is 0 Å². The van der Waals surface area contributed by atoms with Gasteiger partial charge in [0.15, 0.2) is 5.78 Å². The van der Waals surface area contributed by atoms with Crippen LogP contribution >= 0.6 is 0 Å². The van der Waals surface area contributed by atoms with Gasteiger partial charge in [0, 0.05) is 23.2 Å². The van der Waals surface area contributed by atoms with Gasteiger partial charge >= 0.3 is 11.9 Å². The van der Waals surface area contributed by atoms with Gasteiger partial charge in [0.25, 0.3) is 0 Å². The Morgan fingerprint density at radius 2 is 0.951 bits per heavy atom. The maximum Gasteiger partial charge on any atom is 0.314 e. The summed E-state index contributed by atoms with van der Waals surface area (Å²) in [6, 6.07) is 27.1. The molecule has 0 spiro atoms. The summed E-state index contributed by atoms with van der Waals surface area (Å²) < 4.78 is 11.3. The Morgan fingerprint density at radius 3 is 1.34 bits per heavy atom. The average Bonchev–Trinajstić information content (AvgIpc) is 3.25. The van der Waals surface area contributed by atoms with Gasteiger partial charge in [-0.25, -0.2) is 0 Å². The molecule has 0 heterocycles. The minimum Gasteiger partial charge on any atom is -0.426 e. The summed E-state index contributed by atoms with van der Waals surface area (Å²) in [6.07, 6.45) is 12.2.